The molecule has 1 N–H and O–H groups in total. The fourth-order valence-electron chi connectivity index (χ4n) is 2.55. The van der Waals surface area contributed by atoms with Crippen LogP contribution < -0.4 is 10.2 Å². The first-order valence-electron chi connectivity index (χ1n) is 7.15. The molecule has 3 nitrogen and oxygen atoms in total. The minimum Gasteiger partial charge on any atom is -0.372 e. The van der Waals surface area contributed by atoms with Gasteiger partial charge in [-0.1, -0.05) is 0 Å². The normalized spacial score (nSPS) is 15.0. The lowest BCUT2D eigenvalue weighted by Gasteiger charge is -2.28. The quantitative estimate of drug-likeness (QED) is 0.868. The van der Waals surface area contributed by atoms with Gasteiger partial charge in [-0.05, 0) is 65.5 Å². The summed E-state index contributed by atoms with van der Waals surface area (Å²) in [5.41, 5.74) is 2.06. The molecular weight excluding hydrogens is 333 g/mol. The zero-order valence-electron chi connectivity index (χ0n) is 11.6. The maximum Gasteiger partial charge on any atom is 0.166 e. The Morgan fingerprint density at radius 2 is 1.81 bits per heavy atom. The van der Waals surface area contributed by atoms with Crippen LogP contribution in [-0.2, 0) is 0 Å². The molecule has 0 amide bonds. The zero-order valence-corrected chi connectivity index (χ0v) is 13.2. The second-order valence-corrected chi connectivity index (χ2v) is 6.12. The summed E-state index contributed by atoms with van der Waals surface area (Å²) in [6.45, 7) is 2.24. The van der Waals surface area contributed by atoms with E-state index in [1.165, 1.54) is 31.0 Å². The molecule has 0 radical (unpaired) electrons. The molecule has 1 aliphatic rings. The molecule has 21 heavy (non-hydrogen) atoms. The number of piperidine rings is 1. The van der Waals surface area contributed by atoms with Gasteiger partial charge in [-0.2, -0.15) is 0 Å². The highest BCUT2D eigenvalue weighted by Crippen LogP contribution is 2.24. The molecule has 0 unspecified atom stereocenters. The Labute approximate surface area is 132 Å². The smallest absolute Gasteiger partial charge is 0.166 e. The summed E-state index contributed by atoms with van der Waals surface area (Å²) >= 11 is 3.20. The lowest BCUT2D eigenvalue weighted by atomic mass is 10.1. The van der Waals surface area contributed by atoms with Gasteiger partial charge in [0.15, 0.2) is 11.6 Å². The molecule has 0 atom stereocenters. The van der Waals surface area contributed by atoms with Crippen molar-refractivity contribution in [2.45, 2.75) is 19.3 Å². The first-order valence-corrected chi connectivity index (χ1v) is 7.95. The number of anilines is 3. The van der Waals surface area contributed by atoms with E-state index < -0.39 is 0 Å². The molecule has 1 aromatic carbocycles. The van der Waals surface area contributed by atoms with E-state index >= 15 is 0 Å². The van der Waals surface area contributed by atoms with Gasteiger partial charge in [0.1, 0.15) is 0 Å². The first-order chi connectivity index (χ1) is 10.2. The van der Waals surface area contributed by atoms with Crippen LogP contribution in [0.2, 0.25) is 0 Å². The summed E-state index contributed by atoms with van der Waals surface area (Å²) in [5.74, 6) is -0.131. The summed E-state index contributed by atoms with van der Waals surface area (Å²) in [6.07, 6.45) is 5.42. The van der Waals surface area contributed by atoms with Crippen LogP contribution in [0, 0.1) is 5.82 Å². The Bertz CT molecular complexity index is 609. The van der Waals surface area contributed by atoms with E-state index in [2.05, 4.69) is 43.3 Å². The first kappa shape index (κ1) is 14.3. The number of benzene rings is 1. The van der Waals surface area contributed by atoms with E-state index in [1.807, 2.05) is 12.1 Å². The average Bonchev–Trinajstić information content (AvgIpc) is 2.52. The number of aromatic nitrogens is 1. The van der Waals surface area contributed by atoms with Gasteiger partial charge in [0.05, 0.1) is 0 Å². The van der Waals surface area contributed by atoms with Crippen LogP contribution in [0.3, 0.4) is 0 Å². The van der Waals surface area contributed by atoms with Gasteiger partial charge in [-0.3, -0.25) is 0 Å². The van der Waals surface area contributed by atoms with Crippen molar-refractivity contribution < 1.29 is 4.39 Å². The molecule has 1 aliphatic heterocycles. The van der Waals surface area contributed by atoms with E-state index in [1.54, 1.807) is 6.20 Å². The number of hydrogen-bond acceptors (Lipinski definition) is 3. The summed E-state index contributed by atoms with van der Waals surface area (Å²) in [4.78, 5) is 6.44. The zero-order chi connectivity index (χ0) is 14.7. The SMILES string of the molecule is Fc1cc(Br)cnc1Nc1ccc(N2CCCCC2)cc1. The predicted octanol–water partition coefficient (Wildman–Crippen LogP) is 4.72. The third-order valence-corrected chi connectivity index (χ3v) is 4.09. The summed E-state index contributed by atoms with van der Waals surface area (Å²) in [7, 11) is 0. The summed E-state index contributed by atoms with van der Waals surface area (Å²) in [5, 5.41) is 3.00. The molecule has 1 aromatic heterocycles. The highest BCUT2D eigenvalue weighted by Gasteiger charge is 2.11. The van der Waals surface area contributed by atoms with Crippen molar-refractivity contribution in [1.29, 1.82) is 0 Å². The van der Waals surface area contributed by atoms with Gasteiger partial charge in [-0.25, -0.2) is 9.37 Å². The Hall–Kier alpha value is -1.62. The maximum absolute atomic E-state index is 13.7. The van der Waals surface area contributed by atoms with Crippen LogP contribution in [-0.4, -0.2) is 18.1 Å². The molecule has 5 heteroatoms. The van der Waals surface area contributed by atoms with Crippen molar-refractivity contribution in [3.63, 3.8) is 0 Å². The Balaban J connectivity index is 1.71. The van der Waals surface area contributed by atoms with Crippen LogP contribution >= 0.6 is 15.9 Å². The highest BCUT2D eigenvalue weighted by atomic mass is 79.9. The minimum atomic E-state index is -0.371. The predicted molar refractivity (Wildman–Crippen MR) is 87.7 cm³/mol. The van der Waals surface area contributed by atoms with Gasteiger partial charge in [0.2, 0.25) is 0 Å². The fraction of sp³-hybridized carbons (Fsp3) is 0.312. The molecule has 2 heterocycles. The van der Waals surface area contributed by atoms with Crippen LogP contribution in [0.15, 0.2) is 41.0 Å². The number of nitrogens with zero attached hydrogens (tertiary/aromatic N) is 2. The number of rotatable bonds is 3. The second kappa shape index (κ2) is 6.43. The van der Waals surface area contributed by atoms with E-state index in [4.69, 9.17) is 0 Å². The highest BCUT2D eigenvalue weighted by molar-refractivity contribution is 9.10. The number of hydrogen-bond donors (Lipinski definition) is 1. The van der Waals surface area contributed by atoms with Gasteiger partial charge in [-0.15, -0.1) is 0 Å². The van der Waals surface area contributed by atoms with Gasteiger partial charge < -0.3 is 10.2 Å². The van der Waals surface area contributed by atoms with Gasteiger partial charge >= 0.3 is 0 Å². The van der Waals surface area contributed by atoms with E-state index in [9.17, 15) is 4.39 Å². The molecule has 110 valence electrons. The lowest BCUT2D eigenvalue weighted by Crippen LogP contribution is -2.29. The van der Waals surface area contributed by atoms with E-state index in [0.717, 1.165) is 18.8 Å². The van der Waals surface area contributed by atoms with Gasteiger partial charge in [0, 0.05) is 35.1 Å². The Morgan fingerprint density at radius 1 is 1.10 bits per heavy atom. The monoisotopic (exact) mass is 349 g/mol. The topological polar surface area (TPSA) is 28.2 Å². The molecule has 0 spiro atoms. The molecule has 3 rings (SSSR count). The Kier molecular flexibility index (Phi) is 4.39. The van der Waals surface area contributed by atoms with Crippen LogP contribution in [0.4, 0.5) is 21.6 Å². The van der Waals surface area contributed by atoms with Crippen molar-refractivity contribution in [3.8, 4) is 0 Å². The fourth-order valence-corrected chi connectivity index (χ4v) is 2.85. The third kappa shape index (κ3) is 3.53. The van der Waals surface area contributed by atoms with Crippen molar-refractivity contribution in [1.82, 2.24) is 4.98 Å². The largest absolute Gasteiger partial charge is 0.372 e. The van der Waals surface area contributed by atoms with Crippen molar-refractivity contribution in [3.05, 3.63) is 46.8 Å². The number of pyridine rings is 1. The van der Waals surface area contributed by atoms with E-state index in [-0.39, 0.29) is 11.6 Å². The maximum atomic E-state index is 13.7. The van der Waals surface area contributed by atoms with Crippen molar-refractivity contribution in [2.75, 3.05) is 23.3 Å². The van der Waals surface area contributed by atoms with Crippen molar-refractivity contribution in [2.24, 2.45) is 0 Å². The summed E-state index contributed by atoms with van der Waals surface area (Å²) < 4.78 is 14.4. The lowest BCUT2D eigenvalue weighted by molar-refractivity contribution is 0.578. The molecule has 0 saturated carbocycles. The number of halogens is 2. The third-order valence-electron chi connectivity index (χ3n) is 3.66. The number of nitrogens with one attached hydrogen (secondary N) is 1. The van der Waals surface area contributed by atoms with Crippen LogP contribution in [0.5, 0.6) is 0 Å². The standard InChI is InChI=1S/C16H17BrFN3/c17-12-10-15(18)16(19-11-12)20-13-4-6-14(7-5-13)21-8-2-1-3-9-21/h4-7,10-11H,1-3,8-9H2,(H,19,20). The van der Waals surface area contributed by atoms with Gasteiger partial charge in [0.25, 0.3) is 0 Å². The Morgan fingerprint density at radius 3 is 2.48 bits per heavy atom. The second-order valence-electron chi connectivity index (χ2n) is 5.20. The molecule has 0 bridgehead atoms. The van der Waals surface area contributed by atoms with Crippen LogP contribution in [0.1, 0.15) is 19.3 Å². The van der Waals surface area contributed by atoms with Crippen molar-refractivity contribution >= 4 is 33.1 Å². The molecule has 0 aliphatic carbocycles. The van der Waals surface area contributed by atoms with Crippen LogP contribution in [0.25, 0.3) is 0 Å². The molecular formula is C16H17BrFN3. The average molecular weight is 350 g/mol. The molecule has 2 aromatic rings. The van der Waals surface area contributed by atoms with E-state index in [0.29, 0.717) is 4.47 Å². The molecule has 1 fully saturated rings. The molecule has 1 saturated heterocycles. The summed E-state index contributed by atoms with van der Waals surface area (Å²) in [6, 6.07) is 9.48. The minimum absolute atomic E-state index is 0.240.